The summed E-state index contributed by atoms with van der Waals surface area (Å²) in [7, 11) is 1.93. The minimum absolute atomic E-state index is 0.982. The van der Waals surface area contributed by atoms with Gasteiger partial charge in [-0.1, -0.05) is 74.6 Å². The van der Waals surface area contributed by atoms with Crippen molar-refractivity contribution in [3.63, 3.8) is 0 Å². The Morgan fingerprint density at radius 3 is 2.53 bits per heavy atom. The van der Waals surface area contributed by atoms with Crippen molar-refractivity contribution in [2.24, 2.45) is 0 Å². The van der Waals surface area contributed by atoms with E-state index in [1.54, 1.807) is 0 Å². The second-order valence-electron chi connectivity index (χ2n) is 3.90. The summed E-state index contributed by atoms with van der Waals surface area (Å²) in [5, 5.41) is 3.13. The molecule has 1 heteroatoms. The van der Waals surface area contributed by atoms with Gasteiger partial charge in [0.25, 0.3) is 0 Å². The Kier molecular flexibility index (Phi) is 7.11. The fourth-order valence-corrected chi connectivity index (χ4v) is 1.87. The Morgan fingerprint density at radius 2 is 1.84 bits per heavy atom. The molecule has 1 aromatic carbocycles. The monoisotopic (exact) mass is 253 g/mol. The summed E-state index contributed by atoms with van der Waals surface area (Å²) in [6.45, 7) is 4.00. The lowest BCUT2D eigenvalue weighted by atomic mass is 9.98. The first-order valence-corrected chi connectivity index (χ1v) is 6.88. The molecule has 100 valence electrons. The maximum atomic E-state index is 3.13. The highest BCUT2D eigenvalue weighted by Crippen LogP contribution is 2.24. The average Bonchev–Trinajstić information content (AvgIpc) is 2.77. The van der Waals surface area contributed by atoms with E-state index >= 15 is 0 Å². The molecule has 1 N–H and O–H groups in total. The zero-order chi connectivity index (χ0) is 13.9. The molecule has 2 rings (SSSR count). The molecule has 0 fully saturated rings. The van der Waals surface area contributed by atoms with E-state index < -0.39 is 0 Å². The zero-order valence-corrected chi connectivity index (χ0v) is 12.1. The van der Waals surface area contributed by atoms with Gasteiger partial charge in [0.2, 0.25) is 0 Å². The topological polar surface area (TPSA) is 12.0 Å². The number of nitrogens with one attached hydrogen (secondary N) is 1. The molecule has 0 aliphatic heterocycles. The van der Waals surface area contributed by atoms with E-state index in [9.17, 15) is 0 Å². The van der Waals surface area contributed by atoms with Gasteiger partial charge in [0.05, 0.1) is 0 Å². The van der Waals surface area contributed by atoms with Crippen molar-refractivity contribution in [1.82, 2.24) is 5.32 Å². The predicted octanol–water partition coefficient (Wildman–Crippen LogP) is 4.72. The van der Waals surface area contributed by atoms with Gasteiger partial charge in [-0.25, -0.2) is 0 Å². The first kappa shape index (κ1) is 15.0. The minimum atomic E-state index is 0.982. The van der Waals surface area contributed by atoms with Crippen LogP contribution in [0.25, 0.3) is 5.57 Å². The van der Waals surface area contributed by atoms with Gasteiger partial charge in [-0.15, -0.1) is 0 Å². The molecule has 0 heterocycles. The largest absolute Gasteiger partial charge is 0.393 e. The van der Waals surface area contributed by atoms with Gasteiger partial charge in [-0.2, -0.15) is 0 Å². The van der Waals surface area contributed by atoms with Crippen LogP contribution < -0.4 is 5.32 Å². The summed E-state index contributed by atoms with van der Waals surface area (Å²) in [5.41, 5.74) is 3.73. The van der Waals surface area contributed by atoms with E-state index in [4.69, 9.17) is 0 Å². The van der Waals surface area contributed by atoms with E-state index in [0.29, 0.717) is 0 Å². The third-order valence-electron chi connectivity index (χ3n) is 2.68. The number of benzene rings is 1. The number of hydrogen-bond acceptors (Lipinski definition) is 1. The lowest BCUT2D eigenvalue weighted by Gasteiger charge is -2.09. The van der Waals surface area contributed by atoms with E-state index in [1.807, 2.05) is 27.0 Å². The molecule has 1 nitrogen and oxygen atoms in total. The molecule has 0 bridgehead atoms. The van der Waals surface area contributed by atoms with Crippen LogP contribution in [0.2, 0.25) is 0 Å². The first-order valence-electron chi connectivity index (χ1n) is 6.88. The number of hydrogen-bond donors (Lipinski definition) is 1. The maximum Gasteiger partial charge on any atom is 0.00472 e. The summed E-state index contributed by atoms with van der Waals surface area (Å²) in [6, 6.07) is 10.4. The Labute approximate surface area is 117 Å². The Balaban J connectivity index is 0.000000861. The summed E-state index contributed by atoms with van der Waals surface area (Å²) in [5.74, 6) is 0. The lowest BCUT2D eigenvalue weighted by molar-refractivity contribution is 1.10. The predicted molar refractivity (Wildman–Crippen MR) is 85.8 cm³/mol. The quantitative estimate of drug-likeness (QED) is 0.822. The fraction of sp³-hybridized carbons (Fsp3) is 0.222. The second-order valence-corrected chi connectivity index (χ2v) is 3.90. The van der Waals surface area contributed by atoms with Crippen molar-refractivity contribution < 1.29 is 0 Å². The molecule has 0 amide bonds. The van der Waals surface area contributed by atoms with Crippen LogP contribution in [-0.2, 0) is 0 Å². The van der Waals surface area contributed by atoms with Crippen molar-refractivity contribution in [1.29, 1.82) is 0 Å². The highest BCUT2D eigenvalue weighted by atomic mass is 14.8. The smallest absolute Gasteiger partial charge is 0.00472 e. The van der Waals surface area contributed by atoms with Gasteiger partial charge in [0.15, 0.2) is 0 Å². The molecule has 0 saturated carbocycles. The van der Waals surface area contributed by atoms with Crippen LogP contribution >= 0.6 is 0 Å². The van der Waals surface area contributed by atoms with Crippen molar-refractivity contribution >= 4 is 5.57 Å². The summed E-state index contributed by atoms with van der Waals surface area (Å²) in [6.07, 6.45) is 13.8. The van der Waals surface area contributed by atoms with Crippen LogP contribution in [0.3, 0.4) is 0 Å². The van der Waals surface area contributed by atoms with Crippen molar-refractivity contribution in [3.8, 4) is 0 Å². The standard InChI is InChI=1S/C16H17N.C2H6/c1-17-13-16(15-11-7-4-8-12-15)14-9-5-2-3-6-10-14;1-2/h2-5,7-13,17H,6H2,1H3;1-2H3/b16-13-;. The normalized spacial score (nSPS) is 14.1. The van der Waals surface area contributed by atoms with E-state index in [-0.39, 0.29) is 0 Å². The summed E-state index contributed by atoms with van der Waals surface area (Å²) < 4.78 is 0. The third-order valence-corrected chi connectivity index (χ3v) is 2.68. The van der Waals surface area contributed by atoms with Gasteiger partial charge < -0.3 is 5.32 Å². The van der Waals surface area contributed by atoms with Gasteiger partial charge in [0, 0.05) is 18.8 Å². The Morgan fingerprint density at radius 1 is 1.11 bits per heavy atom. The minimum Gasteiger partial charge on any atom is -0.393 e. The van der Waals surface area contributed by atoms with E-state index in [0.717, 1.165) is 6.42 Å². The van der Waals surface area contributed by atoms with Crippen molar-refractivity contribution in [2.75, 3.05) is 7.05 Å². The molecule has 0 spiro atoms. The molecule has 0 unspecified atom stereocenters. The Hall–Kier alpha value is -2.02. The Bertz CT molecular complexity index is 476. The molecule has 0 aromatic heterocycles. The lowest BCUT2D eigenvalue weighted by Crippen LogP contribution is -1.98. The molecule has 19 heavy (non-hydrogen) atoms. The number of rotatable bonds is 3. The van der Waals surface area contributed by atoms with Crippen LogP contribution in [-0.4, -0.2) is 7.05 Å². The van der Waals surface area contributed by atoms with Gasteiger partial charge in [-0.3, -0.25) is 0 Å². The molecule has 1 aromatic rings. The van der Waals surface area contributed by atoms with Crippen LogP contribution in [0.1, 0.15) is 25.8 Å². The molecular weight excluding hydrogens is 230 g/mol. The van der Waals surface area contributed by atoms with E-state index in [1.165, 1.54) is 16.7 Å². The highest BCUT2D eigenvalue weighted by molar-refractivity contribution is 5.81. The van der Waals surface area contributed by atoms with Crippen LogP contribution in [0.15, 0.2) is 72.5 Å². The molecule has 0 atom stereocenters. The van der Waals surface area contributed by atoms with Gasteiger partial charge in [-0.05, 0) is 17.6 Å². The summed E-state index contributed by atoms with van der Waals surface area (Å²) in [4.78, 5) is 0. The first-order chi connectivity index (χ1) is 9.42. The van der Waals surface area contributed by atoms with E-state index in [2.05, 4.69) is 66.2 Å². The molecular formula is C18H23N. The van der Waals surface area contributed by atoms with Crippen molar-refractivity contribution in [2.45, 2.75) is 20.3 Å². The third kappa shape index (κ3) is 4.63. The molecule has 0 saturated heterocycles. The van der Waals surface area contributed by atoms with Gasteiger partial charge in [0.1, 0.15) is 0 Å². The SMILES string of the molecule is CC.CN/C=C(/C1=CCC=CC=C1)c1ccccc1. The van der Waals surface area contributed by atoms with Crippen LogP contribution in [0, 0.1) is 0 Å². The average molecular weight is 253 g/mol. The summed E-state index contributed by atoms with van der Waals surface area (Å²) >= 11 is 0. The second kappa shape index (κ2) is 8.98. The number of allylic oxidation sites excluding steroid dienone is 7. The fourth-order valence-electron chi connectivity index (χ4n) is 1.87. The van der Waals surface area contributed by atoms with Crippen LogP contribution in [0.4, 0.5) is 0 Å². The highest BCUT2D eigenvalue weighted by Gasteiger charge is 2.05. The maximum absolute atomic E-state index is 3.13. The molecule has 0 radical (unpaired) electrons. The van der Waals surface area contributed by atoms with Gasteiger partial charge >= 0.3 is 0 Å². The molecule has 1 aliphatic carbocycles. The van der Waals surface area contributed by atoms with Crippen LogP contribution in [0.5, 0.6) is 0 Å². The zero-order valence-electron chi connectivity index (χ0n) is 12.1. The molecule has 1 aliphatic rings. The van der Waals surface area contributed by atoms with Crippen molar-refractivity contribution in [3.05, 3.63) is 78.0 Å².